The van der Waals surface area contributed by atoms with Crippen LogP contribution in [0.5, 0.6) is 0 Å². The first-order valence-electron chi connectivity index (χ1n) is 7.54. The van der Waals surface area contributed by atoms with Gasteiger partial charge in [-0.15, -0.1) is 11.3 Å². The van der Waals surface area contributed by atoms with Crippen molar-refractivity contribution < 1.29 is 9.90 Å². The van der Waals surface area contributed by atoms with Gasteiger partial charge in [0.05, 0.1) is 10.7 Å². The lowest BCUT2D eigenvalue weighted by molar-refractivity contribution is 0.0700. The maximum absolute atomic E-state index is 11.2. The van der Waals surface area contributed by atoms with Crippen LogP contribution in [-0.4, -0.2) is 40.6 Å². The van der Waals surface area contributed by atoms with Gasteiger partial charge < -0.3 is 10.0 Å². The second kappa shape index (κ2) is 7.18. The standard InChI is InChI=1S/C15H24N2O2S/c1-3-4-12-14(15(18)19)20-13(16-12)7-10-17-8-5-11(2)6-9-17/h11H,3-10H2,1-2H3,(H,18,19). The number of aryl methyl sites for hydroxylation is 1. The second-order valence-corrected chi connectivity index (χ2v) is 6.80. The molecule has 2 rings (SSSR count). The summed E-state index contributed by atoms with van der Waals surface area (Å²) in [5.41, 5.74) is 0.771. The molecule has 20 heavy (non-hydrogen) atoms. The van der Waals surface area contributed by atoms with Crippen LogP contribution in [-0.2, 0) is 12.8 Å². The summed E-state index contributed by atoms with van der Waals surface area (Å²) in [5, 5.41) is 10.2. The van der Waals surface area contributed by atoms with Gasteiger partial charge in [0.15, 0.2) is 0 Å². The monoisotopic (exact) mass is 296 g/mol. The third-order valence-corrected chi connectivity index (χ3v) is 5.09. The number of aromatic carboxylic acids is 1. The molecule has 1 N–H and O–H groups in total. The topological polar surface area (TPSA) is 53.4 Å². The summed E-state index contributed by atoms with van der Waals surface area (Å²) in [6, 6.07) is 0. The zero-order valence-electron chi connectivity index (χ0n) is 12.4. The molecule has 0 spiro atoms. The lowest BCUT2D eigenvalue weighted by atomic mass is 9.99. The van der Waals surface area contributed by atoms with E-state index in [1.165, 1.54) is 37.3 Å². The van der Waals surface area contributed by atoms with E-state index in [4.69, 9.17) is 0 Å². The zero-order chi connectivity index (χ0) is 14.5. The van der Waals surface area contributed by atoms with Crippen LogP contribution in [0, 0.1) is 5.92 Å². The number of thiazole rings is 1. The van der Waals surface area contributed by atoms with Gasteiger partial charge in [0.2, 0.25) is 0 Å². The summed E-state index contributed by atoms with van der Waals surface area (Å²) in [5.74, 6) is 0.0184. The largest absolute Gasteiger partial charge is 0.477 e. The Morgan fingerprint density at radius 1 is 1.40 bits per heavy atom. The Bertz CT molecular complexity index is 451. The number of nitrogens with zero attached hydrogens (tertiary/aromatic N) is 2. The zero-order valence-corrected chi connectivity index (χ0v) is 13.2. The van der Waals surface area contributed by atoms with Crippen molar-refractivity contribution in [2.45, 2.75) is 46.0 Å². The molecule has 0 bridgehead atoms. The summed E-state index contributed by atoms with van der Waals surface area (Å²) in [6.45, 7) is 7.71. The van der Waals surface area contributed by atoms with Crippen molar-refractivity contribution in [2.24, 2.45) is 5.92 Å². The quantitative estimate of drug-likeness (QED) is 0.876. The first-order chi connectivity index (χ1) is 9.60. The smallest absolute Gasteiger partial charge is 0.347 e. The molecule has 2 heterocycles. The molecule has 112 valence electrons. The second-order valence-electron chi connectivity index (χ2n) is 5.71. The fourth-order valence-electron chi connectivity index (χ4n) is 2.62. The van der Waals surface area contributed by atoms with E-state index in [9.17, 15) is 9.90 Å². The van der Waals surface area contributed by atoms with Gasteiger partial charge in [-0.05, 0) is 38.3 Å². The summed E-state index contributed by atoms with van der Waals surface area (Å²) < 4.78 is 0. The molecule has 0 amide bonds. The van der Waals surface area contributed by atoms with E-state index in [2.05, 4.69) is 23.7 Å². The molecule has 0 aliphatic carbocycles. The van der Waals surface area contributed by atoms with Crippen molar-refractivity contribution in [1.29, 1.82) is 0 Å². The molecule has 0 radical (unpaired) electrons. The Labute approximate surface area is 124 Å². The summed E-state index contributed by atoms with van der Waals surface area (Å²) >= 11 is 1.36. The number of rotatable bonds is 6. The fraction of sp³-hybridized carbons (Fsp3) is 0.733. The van der Waals surface area contributed by atoms with Gasteiger partial charge in [0, 0.05) is 13.0 Å². The van der Waals surface area contributed by atoms with Gasteiger partial charge in [-0.25, -0.2) is 9.78 Å². The van der Waals surface area contributed by atoms with E-state index in [0.717, 1.165) is 42.4 Å². The first-order valence-corrected chi connectivity index (χ1v) is 8.36. The van der Waals surface area contributed by atoms with Crippen molar-refractivity contribution >= 4 is 17.3 Å². The first kappa shape index (κ1) is 15.4. The minimum Gasteiger partial charge on any atom is -0.477 e. The Morgan fingerprint density at radius 3 is 2.70 bits per heavy atom. The average Bonchev–Trinajstić information content (AvgIpc) is 2.82. The Hall–Kier alpha value is -0.940. The number of hydrogen-bond donors (Lipinski definition) is 1. The van der Waals surface area contributed by atoms with Gasteiger partial charge >= 0.3 is 5.97 Å². The van der Waals surface area contributed by atoms with Crippen molar-refractivity contribution in [2.75, 3.05) is 19.6 Å². The SMILES string of the molecule is CCCc1nc(CCN2CCC(C)CC2)sc1C(=O)O. The lowest BCUT2D eigenvalue weighted by Gasteiger charge is -2.29. The van der Waals surface area contributed by atoms with E-state index in [1.54, 1.807) is 0 Å². The normalized spacial score (nSPS) is 17.5. The molecule has 1 aliphatic heterocycles. The molecule has 0 aromatic carbocycles. The molecule has 1 fully saturated rings. The number of carbonyl (C=O) groups is 1. The third kappa shape index (κ3) is 4.03. The van der Waals surface area contributed by atoms with E-state index in [0.29, 0.717) is 4.88 Å². The van der Waals surface area contributed by atoms with Gasteiger partial charge in [0.25, 0.3) is 0 Å². The number of likely N-dealkylation sites (tertiary alicyclic amines) is 1. The van der Waals surface area contributed by atoms with Crippen LogP contribution < -0.4 is 0 Å². The highest BCUT2D eigenvalue weighted by Crippen LogP contribution is 2.22. The van der Waals surface area contributed by atoms with Crippen molar-refractivity contribution in [1.82, 2.24) is 9.88 Å². The van der Waals surface area contributed by atoms with E-state index < -0.39 is 5.97 Å². The molecule has 1 aromatic heterocycles. The number of hydrogen-bond acceptors (Lipinski definition) is 4. The summed E-state index contributed by atoms with van der Waals surface area (Å²) in [6.07, 6.45) is 5.13. The fourth-order valence-corrected chi connectivity index (χ4v) is 3.56. The Morgan fingerprint density at radius 2 is 2.10 bits per heavy atom. The highest BCUT2D eigenvalue weighted by Gasteiger charge is 2.19. The van der Waals surface area contributed by atoms with Crippen LogP contribution in [0.15, 0.2) is 0 Å². The maximum atomic E-state index is 11.2. The van der Waals surface area contributed by atoms with Crippen molar-refractivity contribution in [3.05, 3.63) is 15.6 Å². The van der Waals surface area contributed by atoms with Gasteiger partial charge in [-0.2, -0.15) is 0 Å². The average molecular weight is 296 g/mol. The van der Waals surface area contributed by atoms with Crippen LogP contribution in [0.3, 0.4) is 0 Å². The number of piperidine rings is 1. The molecular formula is C15H24N2O2S. The van der Waals surface area contributed by atoms with Crippen molar-refractivity contribution in [3.63, 3.8) is 0 Å². The van der Waals surface area contributed by atoms with E-state index >= 15 is 0 Å². The molecule has 4 nitrogen and oxygen atoms in total. The number of carboxylic acid groups (broad SMARTS) is 1. The van der Waals surface area contributed by atoms with Crippen LogP contribution in [0.4, 0.5) is 0 Å². The van der Waals surface area contributed by atoms with Crippen molar-refractivity contribution in [3.8, 4) is 0 Å². The summed E-state index contributed by atoms with van der Waals surface area (Å²) in [4.78, 5) is 18.7. The third-order valence-electron chi connectivity index (χ3n) is 3.94. The van der Waals surface area contributed by atoms with Gasteiger partial charge in [0.1, 0.15) is 4.88 Å². The van der Waals surface area contributed by atoms with Crippen LogP contribution in [0.25, 0.3) is 0 Å². The molecular weight excluding hydrogens is 272 g/mol. The van der Waals surface area contributed by atoms with Crippen LogP contribution >= 0.6 is 11.3 Å². The molecule has 1 aromatic rings. The summed E-state index contributed by atoms with van der Waals surface area (Å²) in [7, 11) is 0. The number of carboxylic acids is 1. The number of aromatic nitrogens is 1. The molecule has 0 saturated carbocycles. The lowest BCUT2D eigenvalue weighted by Crippen LogP contribution is -2.34. The molecule has 1 aliphatic rings. The molecule has 1 saturated heterocycles. The molecule has 5 heteroatoms. The van der Waals surface area contributed by atoms with Crippen LogP contribution in [0.2, 0.25) is 0 Å². The van der Waals surface area contributed by atoms with Crippen LogP contribution in [0.1, 0.15) is 53.5 Å². The van der Waals surface area contributed by atoms with Gasteiger partial charge in [-0.3, -0.25) is 0 Å². The van der Waals surface area contributed by atoms with E-state index in [-0.39, 0.29) is 0 Å². The minimum absolute atomic E-state index is 0.439. The van der Waals surface area contributed by atoms with E-state index in [1.807, 2.05) is 0 Å². The highest BCUT2D eigenvalue weighted by molar-refractivity contribution is 7.13. The minimum atomic E-state index is -0.830. The predicted octanol–water partition coefficient (Wildman–Crippen LogP) is 3.07. The Balaban J connectivity index is 1.92. The maximum Gasteiger partial charge on any atom is 0.347 e. The highest BCUT2D eigenvalue weighted by atomic mass is 32.1. The molecule has 0 atom stereocenters. The van der Waals surface area contributed by atoms with Gasteiger partial charge in [-0.1, -0.05) is 20.3 Å². The molecule has 0 unspecified atom stereocenters. The predicted molar refractivity (Wildman–Crippen MR) is 81.6 cm³/mol. The Kier molecular flexibility index (Phi) is 5.54.